The molecule has 0 atom stereocenters. The maximum absolute atomic E-state index is 12.7. The fourth-order valence-corrected chi connectivity index (χ4v) is 3.88. The van der Waals surface area contributed by atoms with Crippen LogP contribution in [0.2, 0.25) is 0 Å². The molecule has 1 heterocycles. The summed E-state index contributed by atoms with van der Waals surface area (Å²) in [6.07, 6.45) is -3.29. The number of hydrogen-bond donors (Lipinski definition) is 1. The first-order valence-electron chi connectivity index (χ1n) is 6.62. The number of nitrogens with two attached hydrogens (primary N) is 1. The molecule has 2 N–H and O–H groups in total. The van der Waals surface area contributed by atoms with Gasteiger partial charge in [0.1, 0.15) is 0 Å². The maximum atomic E-state index is 12.7. The Hall–Kier alpha value is -1.12. The van der Waals surface area contributed by atoms with Gasteiger partial charge in [-0.25, -0.2) is 8.42 Å². The Balaban J connectivity index is 2.24. The molecule has 1 fully saturated rings. The van der Waals surface area contributed by atoms with Crippen LogP contribution in [0.5, 0.6) is 0 Å². The number of nitrogens with zero attached hydrogens (tertiary/aromatic N) is 1. The van der Waals surface area contributed by atoms with Crippen LogP contribution in [-0.2, 0) is 16.2 Å². The van der Waals surface area contributed by atoms with Crippen LogP contribution in [0.1, 0.15) is 18.4 Å². The summed E-state index contributed by atoms with van der Waals surface area (Å²) in [5.41, 5.74) is 4.59. The average molecular weight is 322 g/mol. The number of benzene rings is 1. The van der Waals surface area contributed by atoms with Crippen LogP contribution in [0.4, 0.5) is 13.2 Å². The molecule has 0 saturated carbocycles. The van der Waals surface area contributed by atoms with E-state index >= 15 is 0 Å². The molecule has 4 nitrogen and oxygen atoms in total. The molecule has 0 radical (unpaired) electrons. The highest BCUT2D eigenvalue weighted by Gasteiger charge is 2.34. The van der Waals surface area contributed by atoms with Crippen molar-refractivity contribution in [2.45, 2.75) is 23.9 Å². The molecular weight excluding hydrogens is 305 g/mol. The van der Waals surface area contributed by atoms with Gasteiger partial charge >= 0.3 is 6.18 Å². The average Bonchev–Trinajstić information content (AvgIpc) is 2.46. The van der Waals surface area contributed by atoms with Crippen LogP contribution in [0.3, 0.4) is 0 Å². The number of hydrogen-bond acceptors (Lipinski definition) is 3. The Kier molecular flexibility index (Phi) is 4.60. The zero-order valence-corrected chi connectivity index (χ0v) is 12.1. The Morgan fingerprint density at radius 2 is 1.86 bits per heavy atom. The van der Waals surface area contributed by atoms with Gasteiger partial charge in [-0.2, -0.15) is 17.5 Å². The smallest absolute Gasteiger partial charge is 0.330 e. The second kappa shape index (κ2) is 5.94. The molecule has 1 aliphatic rings. The van der Waals surface area contributed by atoms with Gasteiger partial charge in [0.15, 0.2) is 0 Å². The van der Waals surface area contributed by atoms with Gasteiger partial charge in [-0.3, -0.25) is 0 Å². The molecule has 0 bridgehead atoms. The summed E-state index contributed by atoms with van der Waals surface area (Å²) in [6.45, 7) is 1.08. The fraction of sp³-hybridized carbons (Fsp3) is 0.538. The van der Waals surface area contributed by atoms with Gasteiger partial charge in [0, 0.05) is 13.1 Å². The second-order valence-corrected chi connectivity index (χ2v) is 7.05. The van der Waals surface area contributed by atoms with Crippen molar-refractivity contribution in [3.05, 3.63) is 29.8 Å². The van der Waals surface area contributed by atoms with Crippen molar-refractivity contribution < 1.29 is 21.6 Å². The Morgan fingerprint density at radius 1 is 1.24 bits per heavy atom. The van der Waals surface area contributed by atoms with Crippen LogP contribution in [0.25, 0.3) is 0 Å². The lowest BCUT2D eigenvalue weighted by molar-refractivity contribution is -0.137. The molecule has 0 aliphatic carbocycles. The van der Waals surface area contributed by atoms with Gasteiger partial charge in [-0.15, -0.1) is 0 Å². The Morgan fingerprint density at radius 3 is 2.38 bits per heavy atom. The highest BCUT2D eigenvalue weighted by Crippen LogP contribution is 2.31. The van der Waals surface area contributed by atoms with E-state index in [1.165, 1.54) is 10.4 Å². The molecule has 0 aromatic heterocycles. The summed E-state index contributed by atoms with van der Waals surface area (Å²) in [4.78, 5) is -0.316. The molecule has 8 heteroatoms. The third kappa shape index (κ3) is 3.56. The number of sulfonamides is 1. The first-order valence-corrected chi connectivity index (χ1v) is 8.06. The molecule has 1 aliphatic heterocycles. The predicted molar refractivity (Wildman–Crippen MR) is 72.0 cm³/mol. The molecular formula is C13H17F3N2O2S. The van der Waals surface area contributed by atoms with Gasteiger partial charge in [0.25, 0.3) is 0 Å². The lowest BCUT2D eigenvalue weighted by Gasteiger charge is -2.30. The van der Waals surface area contributed by atoms with Gasteiger partial charge in [-0.05, 0) is 43.5 Å². The highest BCUT2D eigenvalue weighted by molar-refractivity contribution is 7.89. The van der Waals surface area contributed by atoms with E-state index in [4.69, 9.17) is 5.73 Å². The maximum Gasteiger partial charge on any atom is 0.416 e. The predicted octanol–water partition coefficient (Wildman–Crippen LogP) is 2.06. The third-order valence-electron chi connectivity index (χ3n) is 3.71. The Labute approximate surface area is 121 Å². The molecule has 0 amide bonds. The standard InChI is InChI=1S/C13H17F3N2O2S/c14-13(15,16)11-2-1-3-12(8-11)21(19,20)18-6-4-10(9-17)5-7-18/h1-3,8,10H,4-7,9,17H2. The first-order chi connectivity index (χ1) is 9.75. The van der Waals surface area contributed by atoms with Crippen molar-refractivity contribution in [3.8, 4) is 0 Å². The van der Waals surface area contributed by atoms with E-state index in [1.54, 1.807) is 0 Å². The topological polar surface area (TPSA) is 63.4 Å². The van der Waals surface area contributed by atoms with Gasteiger partial charge < -0.3 is 5.73 Å². The zero-order chi connectivity index (χ0) is 15.7. The summed E-state index contributed by atoms with van der Waals surface area (Å²) in [5, 5.41) is 0. The second-order valence-electron chi connectivity index (χ2n) is 5.11. The lowest BCUT2D eigenvalue weighted by Crippen LogP contribution is -2.40. The lowest BCUT2D eigenvalue weighted by atomic mass is 9.99. The quantitative estimate of drug-likeness (QED) is 0.926. The largest absolute Gasteiger partial charge is 0.416 e. The molecule has 21 heavy (non-hydrogen) atoms. The van der Waals surface area contributed by atoms with Crippen molar-refractivity contribution in [3.63, 3.8) is 0 Å². The molecule has 2 rings (SSSR count). The zero-order valence-electron chi connectivity index (χ0n) is 11.3. The first kappa shape index (κ1) is 16.3. The van der Waals surface area contributed by atoms with Crippen molar-refractivity contribution in [2.24, 2.45) is 11.7 Å². The number of rotatable bonds is 3. The van der Waals surface area contributed by atoms with Crippen molar-refractivity contribution >= 4 is 10.0 Å². The highest BCUT2D eigenvalue weighted by atomic mass is 32.2. The third-order valence-corrected chi connectivity index (χ3v) is 5.60. The molecule has 1 aromatic rings. The molecule has 118 valence electrons. The minimum atomic E-state index is -4.56. The molecule has 0 unspecified atom stereocenters. The molecule has 1 aromatic carbocycles. The minimum absolute atomic E-state index is 0.276. The fourth-order valence-electron chi connectivity index (χ4n) is 2.37. The van der Waals surface area contributed by atoms with E-state index in [2.05, 4.69) is 0 Å². The van der Waals surface area contributed by atoms with E-state index in [0.29, 0.717) is 38.5 Å². The summed E-state index contributed by atoms with van der Waals surface area (Å²) in [7, 11) is -3.88. The van der Waals surface area contributed by atoms with Crippen molar-refractivity contribution in [1.82, 2.24) is 4.31 Å². The summed E-state index contributed by atoms with van der Waals surface area (Å²) >= 11 is 0. The summed E-state index contributed by atoms with van der Waals surface area (Å²) < 4.78 is 64.0. The van der Waals surface area contributed by atoms with Crippen LogP contribution in [-0.4, -0.2) is 32.4 Å². The number of halogens is 3. The van der Waals surface area contributed by atoms with E-state index in [-0.39, 0.29) is 10.8 Å². The van der Waals surface area contributed by atoms with Crippen LogP contribution in [0, 0.1) is 5.92 Å². The number of piperidine rings is 1. The molecule has 1 saturated heterocycles. The summed E-state index contributed by atoms with van der Waals surface area (Å²) in [6, 6.07) is 3.85. The monoisotopic (exact) mass is 322 g/mol. The number of alkyl halides is 3. The molecule has 0 spiro atoms. The van der Waals surface area contributed by atoms with Gasteiger partial charge in [0.05, 0.1) is 10.5 Å². The van der Waals surface area contributed by atoms with E-state index in [1.807, 2.05) is 0 Å². The normalized spacial score (nSPS) is 18.9. The van der Waals surface area contributed by atoms with Crippen molar-refractivity contribution in [1.29, 1.82) is 0 Å². The minimum Gasteiger partial charge on any atom is -0.330 e. The van der Waals surface area contributed by atoms with E-state index in [9.17, 15) is 21.6 Å². The Bertz CT molecular complexity index is 594. The van der Waals surface area contributed by atoms with E-state index < -0.39 is 21.8 Å². The SMILES string of the molecule is NCC1CCN(S(=O)(=O)c2cccc(C(F)(F)F)c2)CC1. The van der Waals surface area contributed by atoms with Crippen LogP contribution < -0.4 is 5.73 Å². The van der Waals surface area contributed by atoms with E-state index in [0.717, 1.165) is 12.1 Å². The van der Waals surface area contributed by atoms with Gasteiger partial charge in [0.2, 0.25) is 10.0 Å². The van der Waals surface area contributed by atoms with Gasteiger partial charge in [-0.1, -0.05) is 6.07 Å². The summed E-state index contributed by atoms with van der Waals surface area (Å²) in [5.74, 6) is 0.276. The van der Waals surface area contributed by atoms with Crippen LogP contribution >= 0.6 is 0 Å². The van der Waals surface area contributed by atoms with Crippen molar-refractivity contribution in [2.75, 3.05) is 19.6 Å². The van der Waals surface area contributed by atoms with Crippen LogP contribution in [0.15, 0.2) is 29.2 Å².